The molecule has 0 spiro atoms. The maximum absolute atomic E-state index is 11.0. The van der Waals surface area contributed by atoms with Gasteiger partial charge in [0.05, 0.1) is 10.6 Å². The molecule has 100 valence electrons. The van der Waals surface area contributed by atoms with Gasteiger partial charge < -0.3 is 4.90 Å². The SMILES string of the molecule is CCc1nc(N(C)CC2CCCCC2)sc1C=O. The van der Waals surface area contributed by atoms with Crippen LogP contribution in [-0.4, -0.2) is 24.9 Å². The van der Waals surface area contributed by atoms with Crippen molar-refractivity contribution >= 4 is 22.8 Å². The first-order chi connectivity index (χ1) is 8.74. The molecule has 1 heterocycles. The Labute approximate surface area is 113 Å². The zero-order valence-corrected chi connectivity index (χ0v) is 12.1. The highest BCUT2D eigenvalue weighted by molar-refractivity contribution is 7.17. The lowest BCUT2D eigenvalue weighted by molar-refractivity contribution is 0.112. The van der Waals surface area contributed by atoms with E-state index in [4.69, 9.17) is 0 Å². The van der Waals surface area contributed by atoms with Gasteiger partial charge in [0.2, 0.25) is 0 Å². The summed E-state index contributed by atoms with van der Waals surface area (Å²) in [6.45, 7) is 3.13. The number of hydrogen-bond donors (Lipinski definition) is 0. The summed E-state index contributed by atoms with van der Waals surface area (Å²) < 4.78 is 0. The summed E-state index contributed by atoms with van der Waals surface area (Å²) in [5.41, 5.74) is 0.945. The first-order valence-electron chi connectivity index (χ1n) is 6.90. The molecule has 0 aromatic carbocycles. The Kier molecular flexibility index (Phi) is 4.75. The van der Waals surface area contributed by atoms with Gasteiger partial charge >= 0.3 is 0 Å². The van der Waals surface area contributed by atoms with Crippen LogP contribution < -0.4 is 4.90 Å². The molecule has 0 N–H and O–H groups in total. The zero-order valence-electron chi connectivity index (χ0n) is 11.3. The predicted molar refractivity (Wildman–Crippen MR) is 76.7 cm³/mol. The van der Waals surface area contributed by atoms with E-state index >= 15 is 0 Å². The fourth-order valence-electron chi connectivity index (χ4n) is 2.69. The molecule has 0 aliphatic heterocycles. The van der Waals surface area contributed by atoms with Crippen molar-refractivity contribution in [1.29, 1.82) is 0 Å². The van der Waals surface area contributed by atoms with Crippen LogP contribution in [-0.2, 0) is 6.42 Å². The normalized spacial score (nSPS) is 16.8. The Morgan fingerprint density at radius 1 is 1.39 bits per heavy atom. The molecule has 1 saturated carbocycles. The van der Waals surface area contributed by atoms with Crippen LogP contribution in [0.4, 0.5) is 5.13 Å². The molecule has 0 atom stereocenters. The molecule has 1 aliphatic rings. The average molecular weight is 266 g/mol. The molecule has 3 nitrogen and oxygen atoms in total. The third-order valence-corrected chi connectivity index (χ3v) is 4.88. The summed E-state index contributed by atoms with van der Waals surface area (Å²) in [5.74, 6) is 0.803. The topological polar surface area (TPSA) is 33.2 Å². The molecule has 0 radical (unpaired) electrons. The highest BCUT2D eigenvalue weighted by atomic mass is 32.1. The molecule has 1 aromatic rings. The van der Waals surface area contributed by atoms with E-state index in [1.54, 1.807) is 0 Å². The Morgan fingerprint density at radius 2 is 2.11 bits per heavy atom. The van der Waals surface area contributed by atoms with Gasteiger partial charge in [-0.3, -0.25) is 4.79 Å². The summed E-state index contributed by atoms with van der Waals surface area (Å²) >= 11 is 1.53. The lowest BCUT2D eigenvalue weighted by Gasteiger charge is -2.26. The second-order valence-corrected chi connectivity index (χ2v) is 6.17. The number of carbonyl (C=O) groups excluding carboxylic acids is 1. The van der Waals surface area contributed by atoms with Crippen LogP contribution in [0, 0.1) is 5.92 Å². The smallest absolute Gasteiger partial charge is 0.185 e. The molecular weight excluding hydrogens is 244 g/mol. The van der Waals surface area contributed by atoms with Crippen LogP contribution in [0.25, 0.3) is 0 Å². The molecule has 0 bridgehead atoms. The zero-order chi connectivity index (χ0) is 13.0. The van der Waals surface area contributed by atoms with Gasteiger partial charge in [0, 0.05) is 13.6 Å². The van der Waals surface area contributed by atoms with Crippen LogP contribution >= 0.6 is 11.3 Å². The van der Waals surface area contributed by atoms with Gasteiger partial charge in [0.1, 0.15) is 0 Å². The maximum atomic E-state index is 11.0. The monoisotopic (exact) mass is 266 g/mol. The van der Waals surface area contributed by atoms with Crippen molar-refractivity contribution in [3.8, 4) is 0 Å². The lowest BCUT2D eigenvalue weighted by atomic mass is 9.89. The molecule has 0 unspecified atom stereocenters. The lowest BCUT2D eigenvalue weighted by Crippen LogP contribution is -2.26. The number of aldehydes is 1. The number of thiazole rings is 1. The number of aromatic nitrogens is 1. The van der Waals surface area contributed by atoms with Crippen LogP contribution in [0.1, 0.15) is 54.4 Å². The van der Waals surface area contributed by atoms with Gasteiger partial charge in [-0.05, 0) is 25.2 Å². The van der Waals surface area contributed by atoms with E-state index in [0.29, 0.717) is 0 Å². The predicted octanol–water partition coefficient (Wildman–Crippen LogP) is 3.53. The summed E-state index contributed by atoms with van der Waals surface area (Å²) in [6.07, 6.45) is 8.60. The van der Waals surface area contributed by atoms with Gasteiger partial charge in [-0.25, -0.2) is 4.98 Å². The summed E-state index contributed by atoms with van der Waals surface area (Å²) in [4.78, 5) is 18.6. The Hall–Kier alpha value is -0.900. The average Bonchev–Trinajstić information content (AvgIpc) is 2.83. The molecule has 0 saturated heterocycles. The molecule has 1 aromatic heterocycles. The van der Waals surface area contributed by atoms with E-state index in [9.17, 15) is 4.79 Å². The highest BCUT2D eigenvalue weighted by Gasteiger charge is 2.18. The molecule has 1 aliphatic carbocycles. The fourth-order valence-corrected chi connectivity index (χ4v) is 3.63. The minimum absolute atomic E-state index is 0.794. The van der Waals surface area contributed by atoms with Gasteiger partial charge in [-0.15, -0.1) is 0 Å². The van der Waals surface area contributed by atoms with E-state index in [1.165, 1.54) is 43.4 Å². The Bertz CT molecular complexity index is 396. The number of anilines is 1. The van der Waals surface area contributed by atoms with Gasteiger partial charge in [0.15, 0.2) is 11.4 Å². The molecule has 1 fully saturated rings. The number of rotatable bonds is 5. The van der Waals surface area contributed by atoms with E-state index in [-0.39, 0.29) is 0 Å². The second-order valence-electron chi connectivity index (χ2n) is 5.16. The third kappa shape index (κ3) is 3.10. The maximum Gasteiger partial charge on any atom is 0.185 e. The minimum atomic E-state index is 0.794. The Morgan fingerprint density at radius 3 is 2.67 bits per heavy atom. The van der Waals surface area contributed by atoms with E-state index < -0.39 is 0 Å². The summed E-state index contributed by atoms with van der Waals surface area (Å²) in [7, 11) is 2.10. The van der Waals surface area contributed by atoms with E-state index in [1.807, 2.05) is 6.92 Å². The largest absolute Gasteiger partial charge is 0.351 e. The van der Waals surface area contributed by atoms with Crippen molar-refractivity contribution in [2.24, 2.45) is 5.92 Å². The van der Waals surface area contributed by atoms with Gasteiger partial charge in [-0.1, -0.05) is 37.5 Å². The molecule has 18 heavy (non-hydrogen) atoms. The van der Waals surface area contributed by atoms with Crippen LogP contribution in [0.2, 0.25) is 0 Å². The number of nitrogens with zero attached hydrogens (tertiary/aromatic N) is 2. The van der Waals surface area contributed by atoms with Crippen molar-refractivity contribution in [3.05, 3.63) is 10.6 Å². The molecule has 2 rings (SSSR count). The minimum Gasteiger partial charge on any atom is -0.351 e. The fraction of sp³-hybridized carbons (Fsp3) is 0.714. The third-order valence-electron chi connectivity index (χ3n) is 3.74. The first-order valence-corrected chi connectivity index (χ1v) is 7.72. The van der Waals surface area contributed by atoms with Crippen molar-refractivity contribution in [2.75, 3.05) is 18.5 Å². The van der Waals surface area contributed by atoms with Gasteiger partial charge in [0.25, 0.3) is 0 Å². The van der Waals surface area contributed by atoms with Crippen molar-refractivity contribution in [2.45, 2.75) is 45.4 Å². The molecule has 0 amide bonds. The number of carbonyl (C=O) groups is 1. The van der Waals surface area contributed by atoms with Crippen molar-refractivity contribution in [3.63, 3.8) is 0 Å². The van der Waals surface area contributed by atoms with E-state index in [2.05, 4.69) is 16.9 Å². The standard InChI is InChI=1S/C14H22N2OS/c1-3-12-13(10-17)18-14(15-12)16(2)9-11-7-5-4-6-8-11/h10-11H,3-9H2,1-2H3. The molecule has 4 heteroatoms. The van der Waals surface area contributed by atoms with Crippen LogP contribution in [0.15, 0.2) is 0 Å². The Balaban J connectivity index is 2.01. The van der Waals surface area contributed by atoms with E-state index in [0.717, 1.165) is 40.9 Å². The summed E-state index contributed by atoms with van der Waals surface area (Å²) in [6, 6.07) is 0. The highest BCUT2D eigenvalue weighted by Crippen LogP contribution is 2.29. The van der Waals surface area contributed by atoms with Crippen LogP contribution in [0.5, 0.6) is 0 Å². The quantitative estimate of drug-likeness (QED) is 0.764. The number of aryl methyl sites for hydroxylation is 1. The molecular formula is C14H22N2OS. The van der Waals surface area contributed by atoms with Gasteiger partial charge in [-0.2, -0.15) is 0 Å². The van der Waals surface area contributed by atoms with Crippen LogP contribution in [0.3, 0.4) is 0 Å². The summed E-state index contributed by atoms with van der Waals surface area (Å²) in [5, 5.41) is 1.000. The second kappa shape index (κ2) is 6.32. The van der Waals surface area contributed by atoms with Crippen molar-refractivity contribution in [1.82, 2.24) is 4.98 Å². The number of hydrogen-bond acceptors (Lipinski definition) is 4. The van der Waals surface area contributed by atoms with Crippen molar-refractivity contribution < 1.29 is 4.79 Å². The first kappa shape index (κ1) is 13.5.